The topological polar surface area (TPSA) is 66.8 Å². The van der Waals surface area contributed by atoms with E-state index in [1.165, 1.54) is 4.90 Å². The maximum absolute atomic E-state index is 13.1. The molecule has 1 unspecified atom stereocenters. The van der Waals surface area contributed by atoms with E-state index in [9.17, 15) is 14.7 Å². The molecule has 5 nitrogen and oxygen atoms in total. The minimum atomic E-state index is -0.725. The number of aliphatic hydroxyl groups excluding tert-OH is 1. The number of nitrogens with zero attached hydrogens (tertiary/aromatic N) is 1. The largest absolute Gasteiger partial charge is 0.507 e. The molecule has 0 saturated carbocycles. The lowest BCUT2D eigenvalue weighted by Crippen LogP contribution is -2.29. The predicted molar refractivity (Wildman–Crippen MR) is 123 cm³/mol. The quantitative estimate of drug-likeness (QED) is 0.341. The predicted octanol–water partition coefficient (Wildman–Crippen LogP) is 5.02. The van der Waals surface area contributed by atoms with Crippen molar-refractivity contribution in [3.63, 3.8) is 0 Å². The zero-order valence-electron chi connectivity index (χ0n) is 18.1. The number of Topliss-reactive ketones (excluding diaryl/α,β-unsaturated/α-hetero) is 1. The third kappa shape index (κ3) is 4.14. The Balaban J connectivity index is 1.86. The van der Waals surface area contributed by atoms with Crippen molar-refractivity contribution >= 4 is 17.4 Å². The maximum atomic E-state index is 13.1. The molecule has 1 aliphatic heterocycles. The van der Waals surface area contributed by atoms with Crippen LogP contribution in [0.5, 0.6) is 5.75 Å². The number of carbonyl (C=O) groups excluding carboxylic acids is 2. The second-order valence-electron chi connectivity index (χ2n) is 7.78. The lowest BCUT2D eigenvalue weighted by atomic mass is 9.94. The van der Waals surface area contributed by atoms with Gasteiger partial charge >= 0.3 is 0 Å². The van der Waals surface area contributed by atoms with Crippen LogP contribution in [0.1, 0.15) is 35.2 Å². The van der Waals surface area contributed by atoms with E-state index in [-0.39, 0.29) is 17.9 Å². The number of aliphatic hydroxyl groups is 1. The van der Waals surface area contributed by atoms with Crippen molar-refractivity contribution in [2.75, 3.05) is 6.61 Å². The van der Waals surface area contributed by atoms with Gasteiger partial charge in [0, 0.05) is 12.1 Å². The molecule has 1 fully saturated rings. The van der Waals surface area contributed by atoms with E-state index in [1.807, 2.05) is 80.6 Å². The highest BCUT2D eigenvalue weighted by molar-refractivity contribution is 6.46. The van der Waals surface area contributed by atoms with Gasteiger partial charge in [-0.1, -0.05) is 72.3 Å². The molecule has 1 aliphatic rings. The second kappa shape index (κ2) is 9.10. The molecule has 4 rings (SSSR count). The molecule has 0 bridgehead atoms. The number of likely N-dealkylation sites (tertiary alicyclic amines) is 1. The number of hydrogen-bond donors (Lipinski definition) is 1. The normalized spacial score (nSPS) is 17.6. The summed E-state index contributed by atoms with van der Waals surface area (Å²) in [7, 11) is 0. The summed E-state index contributed by atoms with van der Waals surface area (Å²) >= 11 is 0. The number of ketones is 1. The number of rotatable bonds is 6. The monoisotopic (exact) mass is 427 g/mol. The van der Waals surface area contributed by atoms with Gasteiger partial charge in [-0.3, -0.25) is 9.59 Å². The van der Waals surface area contributed by atoms with Crippen LogP contribution < -0.4 is 4.74 Å². The third-order valence-corrected chi connectivity index (χ3v) is 5.55. The average Bonchev–Trinajstić information content (AvgIpc) is 3.05. The fourth-order valence-corrected chi connectivity index (χ4v) is 3.98. The van der Waals surface area contributed by atoms with Gasteiger partial charge in [-0.2, -0.15) is 0 Å². The summed E-state index contributed by atoms with van der Waals surface area (Å²) in [5, 5.41) is 11.1. The Morgan fingerprint density at radius 1 is 0.969 bits per heavy atom. The Labute approximate surface area is 187 Å². The van der Waals surface area contributed by atoms with Gasteiger partial charge in [-0.05, 0) is 37.1 Å². The van der Waals surface area contributed by atoms with Crippen LogP contribution in [0.4, 0.5) is 0 Å². The molecule has 0 aromatic heterocycles. The zero-order chi connectivity index (χ0) is 22.7. The van der Waals surface area contributed by atoms with Crippen molar-refractivity contribution in [1.82, 2.24) is 4.90 Å². The molecule has 5 heteroatoms. The van der Waals surface area contributed by atoms with Gasteiger partial charge < -0.3 is 14.7 Å². The second-order valence-corrected chi connectivity index (χ2v) is 7.78. The summed E-state index contributed by atoms with van der Waals surface area (Å²) in [6.45, 7) is 4.59. The molecule has 1 N–H and O–H groups in total. The van der Waals surface area contributed by atoms with Crippen molar-refractivity contribution in [2.45, 2.75) is 26.4 Å². The lowest BCUT2D eigenvalue weighted by Gasteiger charge is -2.26. The van der Waals surface area contributed by atoms with Gasteiger partial charge in [-0.25, -0.2) is 0 Å². The summed E-state index contributed by atoms with van der Waals surface area (Å²) < 4.78 is 5.64. The Morgan fingerprint density at radius 2 is 1.69 bits per heavy atom. The van der Waals surface area contributed by atoms with Crippen molar-refractivity contribution in [3.05, 3.63) is 107 Å². The Kier molecular flexibility index (Phi) is 6.08. The minimum Gasteiger partial charge on any atom is -0.507 e. The van der Waals surface area contributed by atoms with Crippen molar-refractivity contribution in [3.8, 4) is 5.75 Å². The number of ether oxygens (including phenoxy) is 1. The highest BCUT2D eigenvalue weighted by atomic mass is 16.5. The van der Waals surface area contributed by atoms with Crippen LogP contribution in [0.3, 0.4) is 0 Å². The van der Waals surface area contributed by atoms with Crippen LogP contribution in [-0.2, 0) is 16.1 Å². The summed E-state index contributed by atoms with van der Waals surface area (Å²) in [5.41, 5.74) is 3.23. The summed E-state index contributed by atoms with van der Waals surface area (Å²) in [6, 6.07) is 23.3. The summed E-state index contributed by atoms with van der Waals surface area (Å²) in [5.74, 6) is -0.850. The van der Waals surface area contributed by atoms with E-state index in [4.69, 9.17) is 4.74 Å². The van der Waals surface area contributed by atoms with E-state index in [0.29, 0.717) is 23.5 Å². The molecule has 162 valence electrons. The van der Waals surface area contributed by atoms with E-state index in [1.54, 1.807) is 12.1 Å². The molecule has 1 amide bonds. The molecule has 3 aromatic rings. The SMILES string of the molecule is CCOc1cccc(C2/C(=C(\O)c3ccc(C)cc3)C(=O)C(=O)N2Cc2ccccc2)c1. The molecule has 1 saturated heterocycles. The highest BCUT2D eigenvalue weighted by Crippen LogP contribution is 2.41. The Hall–Kier alpha value is -3.86. The fraction of sp³-hybridized carbons (Fsp3) is 0.185. The molecule has 0 aliphatic carbocycles. The van der Waals surface area contributed by atoms with Crippen LogP contribution in [0, 0.1) is 6.92 Å². The first-order valence-electron chi connectivity index (χ1n) is 10.6. The molecule has 0 spiro atoms. The lowest BCUT2D eigenvalue weighted by molar-refractivity contribution is -0.140. The molecular formula is C27H25NO4. The first-order chi connectivity index (χ1) is 15.5. The van der Waals surface area contributed by atoms with Crippen LogP contribution in [0.25, 0.3) is 5.76 Å². The van der Waals surface area contributed by atoms with Crippen molar-refractivity contribution in [2.24, 2.45) is 0 Å². The Bertz CT molecular complexity index is 1170. The molecule has 3 aromatic carbocycles. The van der Waals surface area contributed by atoms with Crippen molar-refractivity contribution < 1.29 is 19.4 Å². The van der Waals surface area contributed by atoms with Gasteiger partial charge in [0.2, 0.25) is 0 Å². The first kappa shape index (κ1) is 21.4. The van der Waals surface area contributed by atoms with Gasteiger partial charge in [0.15, 0.2) is 0 Å². The average molecular weight is 428 g/mol. The maximum Gasteiger partial charge on any atom is 0.295 e. The first-order valence-corrected chi connectivity index (χ1v) is 10.6. The molecule has 0 radical (unpaired) electrons. The van der Waals surface area contributed by atoms with Gasteiger partial charge in [0.05, 0.1) is 18.2 Å². The summed E-state index contributed by atoms with van der Waals surface area (Å²) in [4.78, 5) is 27.8. The summed E-state index contributed by atoms with van der Waals surface area (Å²) in [6.07, 6.45) is 0. The molecular weight excluding hydrogens is 402 g/mol. The number of amides is 1. The highest BCUT2D eigenvalue weighted by Gasteiger charge is 2.46. The molecule has 1 heterocycles. The Morgan fingerprint density at radius 3 is 2.38 bits per heavy atom. The van der Waals surface area contributed by atoms with Crippen LogP contribution >= 0.6 is 0 Å². The van der Waals surface area contributed by atoms with E-state index in [0.717, 1.165) is 11.1 Å². The third-order valence-electron chi connectivity index (χ3n) is 5.55. The minimum absolute atomic E-state index is 0.0865. The van der Waals surface area contributed by atoms with E-state index >= 15 is 0 Å². The molecule has 32 heavy (non-hydrogen) atoms. The number of hydrogen-bond acceptors (Lipinski definition) is 4. The zero-order valence-corrected chi connectivity index (χ0v) is 18.1. The van der Waals surface area contributed by atoms with Gasteiger partial charge in [0.1, 0.15) is 11.5 Å². The van der Waals surface area contributed by atoms with Gasteiger partial charge in [0.25, 0.3) is 11.7 Å². The van der Waals surface area contributed by atoms with Crippen LogP contribution in [0.2, 0.25) is 0 Å². The van der Waals surface area contributed by atoms with Crippen LogP contribution in [0.15, 0.2) is 84.4 Å². The number of benzene rings is 3. The fourth-order valence-electron chi connectivity index (χ4n) is 3.98. The number of aryl methyl sites for hydroxylation is 1. The van der Waals surface area contributed by atoms with E-state index < -0.39 is 17.7 Å². The van der Waals surface area contributed by atoms with Crippen molar-refractivity contribution in [1.29, 1.82) is 0 Å². The number of carbonyl (C=O) groups is 2. The standard InChI is InChI=1S/C27H25NO4/c1-3-32-22-11-7-10-21(16-22)24-23(25(29)20-14-12-18(2)13-15-20)26(30)27(31)28(24)17-19-8-5-4-6-9-19/h4-16,24,29H,3,17H2,1-2H3/b25-23+. The van der Waals surface area contributed by atoms with Crippen LogP contribution in [-0.4, -0.2) is 28.3 Å². The van der Waals surface area contributed by atoms with E-state index in [2.05, 4.69) is 0 Å². The molecule has 1 atom stereocenters. The smallest absolute Gasteiger partial charge is 0.295 e. The van der Waals surface area contributed by atoms with Gasteiger partial charge in [-0.15, -0.1) is 0 Å².